The van der Waals surface area contributed by atoms with Crippen molar-refractivity contribution in [3.05, 3.63) is 35.9 Å². The van der Waals surface area contributed by atoms with Gasteiger partial charge >= 0.3 is 0 Å². The van der Waals surface area contributed by atoms with E-state index in [1.807, 2.05) is 0 Å². The lowest BCUT2D eigenvalue weighted by molar-refractivity contribution is -0.139. The van der Waals surface area contributed by atoms with Crippen molar-refractivity contribution >= 4 is 12.3 Å². The Bertz CT molecular complexity index is 509. The van der Waals surface area contributed by atoms with Gasteiger partial charge in [0.05, 0.1) is 0 Å². The number of piperazine rings is 1. The molecule has 1 saturated carbocycles. The molecule has 0 N–H and O–H groups in total. The number of amides is 2. The maximum absolute atomic E-state index is 11.7. The molecular weight excluding hydrogens is 316 g/mol. The second kappa shape index (κ2) is 10.9. The van der Waals surface area contributed by atoms with E-state index in [1.54, 1.807) is 9.80 Å². The normalized spacial score (nSPS) is 16.8. The number of rotatable bonds is 7. The topological polar surface area (TPSA) is 49.9 Å². The summed E-state index contributed by atoms with van der Waals surface area (Å²) in [4.78, 5) is 25.6. The zero-order valence-corrected chi connectivity index (χ0v) is 15.2. The summed E-state index contributed by atoms with van der Waals surface area (Å²) in [7, 11) is 0. The lowest BCUT2D eigenvalue weighted by Gasteiger charge is -2.32. The van der Waals surface area contributed by atoms with Crippen molar-refractivity contribution in [2.24, 2.45) is 0 Å². The second-order valence-corrected chi connectivity index (χ2v) is 6.61. The highest BCUT2D eigenvalue weighted by molar-refractivity contribution is 5.77. The molecule has 0 spiro atoms. The van der Waals surface area contributed by atoms with E-state index < -0.39 is 0 Å². The average Bonchev–Trinajstić information content (AvgIpc) is 3.52. The SMILES string of the molecule is CCCCOCC(=O)N1CCN(C=O)CC1.c1ccc(C2CC2)cc1. The van der Waals surface area contributed by atoms with E-state index in [9.17, 15) is 9.59 Å². The molecule has 2 fully saturated rings. The summed E-state index contributed by atoms with van der Waals surface area (Å²) in [5.41, 5.74) is 1.53. The highest BCUT2D eigenvalue weighted by atomic mass is 16.5. The summed E-state index contributed by atoms with van der Waals surface area (Å²) in [6.07, 6.45) is 5.71. The third-order valence-electron chi connectivity index (χ3n) is 4.53. The molecule has 1 aromatic carbocycles. The number of unbranched alkanes of at least 4 members (excludes halogenated alkanes) is 1. The van der Waals surface area contributed by atoms with Crippen LogP contribution in [0.25, 0.3) is 0 Å². The predicted octanol–water partition coefficient (Wildman–Crippen LogP) is 2.67. The minimum atomic E-state index is 0.0293. The molecule has 5 nitrogen and oxygen atoms in total. The van der Waals surface area contributed by atoms with Gasteiger partial charge in [-0.1, -0.05) is 43.7 Å². The molecule has 138 valence electrons. The Kier molecular flexibility index (Phi) is 8.46. The Morgan fingerprint density at radius 1 is 1.16 bits per heavy atom. The molecule has 0 bridgehead atoms. The van der Waals surface area contributed by atoms with Crippen LogP contribution in [0.4, 0.5) is 0 Å². The third kappa shape index (κ3) is 7.26. The van der Waals surface area contributed by atoms with E-state index in [4.69, 9.17) is 4.74 Å². The first kappa shape index (κ1) is 19.4. The van der Waals surface area contributed by atoms with E-state index in [0.29, 0.717) is 32.8 Å². The standard InChI is InChI=1S/C11H20N2O3.C9H10/c1-2-3-8-16-9-11(15)13-6-4-12(10-14)5-7-13;1-2-4-8(5-3-1)9-6-7-9/h10H,2-9H2,1H3;1-5,9H,6-7H2. The van der Waals surface area contributed by atoms with Crippen LogP contribution < -0.4 is 0 Å². The van der Waals surface area contributed by atoms with Crippen LogP contribution in [0.5, 0.6) is 0 Å². The highest BCUT2D eigenvalue weighted by Crippen LogP contribution is 2.39. The maximum atomic E-state index is 11.7. The molecule has 1 aliphatic heterocycles. The zero-order chi connectivity index (χ0) is 17.9. The molecule has 0 aromatic heterocycles. The van der Waals surface area contributed by atoms with E-state index >= 15 is 0 Å². The molecule has 0 unspecified atom stereocenters. The molecule has 1 heterocycles. The number of nitrogens with zero attached hydrogens (tertiary/aromatic N) is 2. The average molecular weight is 346 g/mol. The minimum Gasteiger partial charge on any atom is -0.372 e. The van der Waals surface area contributed by atoms with Crippen molar-refractivity contribution in [2.75, 3.05) is 39.4 Å². The molecule has 1 aliphatic carbocycles. The first-order chi connectivity index (χ1) is 12.2. The van der Waals surface area contributed by atoms with Gasteiger partial charge in [0.1, 0.15) is 6.61 Å². The van der Waals surface area contributed by atoms with Gasteiger partial charge in [0.15, 0.2) is 0 Å². The van der Waals surface area contributed by atoms with Crippen molar-refractivity contribution in [3.8, 4) is 0 Å². The summed E-state index contributed by atoms with van der Waals surface area (Å²) in [5, 5.41) is 0. The number of carbonyl (C=O) groups is 2. The maximum Gasteiger partial charge on any atom is 0.248 e. The van der Waals surface area contributed by atoms with Crippen LogP contribution in [-0.4, -0.2) is 61.5 Å². The van der Waals surface area contributed by atoms with E-state index in [-0.39, 0.29) is 12.5 Å². The van der Waals surface area contributed by atoms with E-state index in [2.05, 4.69) is 37.3 Å². The highest BCUT2D eigenvalue weighted by Gasteiger charge is 2.22. The fraction of sp³-hybridized carbons (Fsp3) is 0.600. The quantitative estimate of drug-likeness (QED) is 0.563. The summed E-state index contributed by atoms with van der Waals surface area (Å²) in [6.45, 7) is 5.40. The van der Waals surface area contributed by atoms with Gasteiger partial charge in [-0.05, 0) is 30.7 Å². The minimum absolute atomic E-state index is 0.0293. The molecular formula is C20H30N2O3. The molecule has 2 amide bonds. The smallest absolute Gasteiger partial charge is 0.248 e. The second-order valence-electron chi connectivity index (χ2n) is 6.61. The van der Waals surface area contributed by atoms with Gasteiger partial charge < -0.3 is 14.5 Å². The molecule has 0 atom stereocenters. The van der Waals surface area contributed by atoms with Gasteiger partial charge in [-0.3, -0.25) is 9.59 Å². The fourth-order valence-electron chi connectivity index (χ4n) is 2.72. The molecule has 5 heteroatoms. The van der Waals surface area contributed by atoms with E-state index in [0.717, 1.165) is 25.2 Å². The number of ether oxygens (including phenoxy) is 1. The lowest BCUT2D eigenvalue weighted by atomic mass is 10.1. The van der Waals surface area contributed by atoms with Crippen molar-refractivity contribution in [3.63, 3.8) is 0 Å². The van der Waals surface area contributed by atoms with Crippen molar-refractivity contribution in [1.29, 1.82) is 0 Å². The van der Waals surface area contributed by atoms with Gasteiger partial charge in [0.25, 0.3) is 0 Å². The van der Waals surface area contributed by atoms with Crippen LogP contribution in [0.1, 0.15) is 44.1 Å². The van der Waals surface area contributed by atoms with Crippen molar-refractivity contribution < 1.29 is 14.3 Å². The lowest BCUT2D eigenvalue weighted by Crippen LogP contribution is -2.49. The van der Waals surface area contributed by atoms with Crippen LogP contribution in [0.3, 0.4) is 0 Å². The first-order valence-corrected chi connectivity index (χ1v) is 9.34. The Morgan fingerprint density at radius 2 is 1.84 bits per heavy atom. The van der Waals surface area contributed by atoms with Gasteiger partial charge in [-0.15, -0.1) is 0 Å². The predicted molar refractivity (Wildman–Crippen MR) is 98.4 cm³/mol. The van der Waals surface area contributed by atoms with Crippen LogP contribution in [-0.2, 0) is 14.3 Å². The summed E-state index contributed by atoms with van der Waals surface area (Å²) in [6, 6.07) is 10.8. The summed E-state index contributed by atoms with van der Waals surface area (Å²) in [5.74, 6) is 0.938. The van der Waals surface area contributed by atoms with Crippen LogP contribution in [0, 0.1) is 0 Å². The van der Waals surface area contributed by atoms with Gasteiger partial charge in [-0.2, -0.15) is 0 Å². The Labute approximate surface area is 150 Å². The summed E-state index contributed by atoms with van der Waals surface area (Å²) >= 11 is 0. The Hall–Kier alpha value is -1.88. The Balaban J connectivity index is 0.000000208. The number of hydrogen-bond donors (Lipinski definition) is 0. The van der Waals surface area contributed by atoms with Crippen molar-refractivity contribution in [1.82, 2.24) is 9.80 Å². The number of carbonyl (C=O) groups excluding carboxylic acids is 2. The van der Waals surface area contributed by atoms with Gasteiger partial charge in [-0.25, -0.2) is 0 Å². The zero-order valence-electron chi connectivity index (χ0n) is 15.2. The molecule has 2 aliphatic rings. The molecule has 0 radical (unpaired) electrons. The summed E-state index contributed by atoms with van der Waals surface area (Å²) < 4.78 is 5.27. The molecule has 1 saturated heterocycles. The Morgan fingerprint density at radius 3 is 2.40 bits per heavy atom. The fourth-order valence-corrected chi connectivity index (χ4v) is 2.72. The molecule has 1 aromatic rings. The number of benzene rings is 1. The van der Waals surface area contributed by atoms with Crippen LogP contribution in [0.2, 0.25) is 0 Å². The van der Waals surface area contributed by atoms with Gasteiger partial charge in [0.2, 0.25) is 12.3 Å². The van der Waals surface area contributed by atoms with Crippen molar-refractivity contribution in [2.45, 2.75) is 38.5 Å². The largest absolute Gasteiger partial charge is 0.372 e. The van der Waals surface area contributed by atoms with E-state index in [1.165, 1.54) is 18.4 Å². The monoisotopic (exact) mass is 346 g/mol. The van der Waals surface area contributed by atoms with Crippen LogP contribution >= 0.6 is 0 Å². The van der Waals surface area contributed by atoms with Crippen LogP contribution in [0.15, 0.2) is 30.3 Å². The molecule has 25 heavy (non-hydrogen) atoms. The third-order valence-corrected chi connectivity index (χ3v) is 4.53. The first-order valence-electron chi connectivity index (χ1n) is 9.34. The number of hydrogen-bond acceptors (Lipinski definition) is 3. The molecule has 3 rings (SSSR count). The van der Waals surface area contributed by atoms with Gasteiger partial charge in [0, 0.05) is 32.8 Å².